The average Bonchev–Trinajstić information content (AvgIpc) is 2.97. The van der Waals surface area contributed by atoms with Crippen LogP contribution in [0.5, 0.6) is 0 Å². The van der Waals surface area contributed by atoms with E-state index in [1.807, 2.05) is 13.8 Å². The minimum absolute atomic E-state index is 0.261. The normalized spacial score (nSPS) is 11.3. The van der Waals surface area contributed by atoms with Crippen molar-refractivity contribution in [2.75, 3.05) is 5.32 Å². The molecule has 0 aromatic carbocycles. The molecule has 0 spiro atoms. The van der Waals surface area contributed by atoms with E-state index in [9.17, 15) is 4.79 Å². The number of H-pyrrole nitrogens is 1. The first-order valence-corrected chi connectivity index (χ1v) is 7.46. The summed E-state index contributed by atoms with van der Waals surface area (Å²) in [4.78, 5) is 12.0. The summed E-state index contributed by atoms with van der Waals surface area (Å²) in [7, 11) is 0. The van der Waals surface area contributed by atoms with Crippen LogP contribution in [0.3, 0.4) is 0 Å². The zero-order valence-corrected chi connectivity index (χ0v) is 12.9. The molecule has 2 N–H and O–H groups in total. The molecule has 2 heterocycles. The quantitative estimate of drug-likeness (QED) is 0.888. The number of hydrogen-bond acceptors (Lipinski definition) is 5. The number of hydrogen-bond donors (Lipinski definition) is 2. The van der Waals surface area contributed by atoms with Crippen molar-refractivity contribution < 1.29 is 4.79 Å². The van der Waals surface area contributed by atoms with Gasteiger partial charge < -0.3 is 0 Å². The van der Waals surface area contributed by atoms with Gasteiger partial charge in [-0.05, 0) is 18.4 Å². The Morgan fingerprint density at radius 2 is 2.10 bits per heavy atom. The molecule has 7 heteroatoms. The number of nitrogens with one attached hydrogen (secondary N) is 2. The Morgan fingerprint density at radius 3 is 2.70 bits per heavy atom. The van der Waals surface area contributed by atoms with E-state index in [1.54, 1.807) is 6.07 Å². The van der Waals surface area contributed by atoms with Crippen LogP contribution in [0.2, 0.25) is 0 Å². The third-order valence-corrected chi connectivity index (χ3v) is 3.79. The van der Waals surface area contributed by atoms with Gasteiger partial charge in [-0.25, -0.2) is 0 Å². The molecule has 0 unspecified atom stereocenters. The third kappa shape index (κ3) is 3.63. The summed E-state index contributed by atoms with van der Waals surface area (Å²) < 4.78 is 0. The summed E-state index contributed by atoms with van der Waals surface area (Å²) >= 11 is 1.39. The van der Waals surface area contributed by atoms with Gasteiger partial charge in [-0.1, -0.05) is 39.0 Å². The van der Waals surface area contributed by atoms with Gasteiger partial charge in [0.2, 0.25) is 5.13 Å². The molecule has 6 nitrogen and oxygen atoms in total. The van der Waals surface area contributed by atoms with Crippen molar-refractivity contribution in [3.8, 4) is 0 Å². The number of aromatic amines is 1. The number of anilines is 1. The number of amides is 1. The first kappa shape index (κ1) is 14.6. The van der Waals surface area contributed by atoms with Crippen molar-refractivity contribution in [3.05, 3.63) is 22.5 Å². The van der Waals surface area contributed by atoms with Gasteiger partial charge in [-0.3, -0.25) is 15.2 Å². The van der Waals surface area contributed by atoms with Gasteiger partial charge in [0.15, 0.2) is 5.69 Å². The highest BCUT2D eigenvalue weighted by Gasteiger charge is 2.14. The Labute approximate surface area is 122 Å². The van der Waals surface area contributed by atoms with Gasteiger partial charge >= 0.3 is 0 Å². The Bertz CT molecular complexity index is 587. The summed E-state index contributed by atoms with van der Waals surface area (Å²) in [6.07, 6.45) is 0.872. The number of carbonyl (C=O) groups is 1. The molecule has 0 bridgehead atoms. The largest absolute Gasteiger partial charge is 0.295 e. The van der Waals surface area contributed by atoms with E-state index in [0.29, 0.717) is 22.7 Å². The Balaban J connectivity index is 2.02. The second-order valence-electron chi connectivity index (χ2n) is 5.43. The second kappa shape index (κ2) is 6.13. The number of rotatable bonds is 5. The smallest absolute Gasteiger partial charge is 0.277 e. The Hall–Kier alpha value is -1.76. The van der Waals surface area contributed by atoms with Gasteiger partial charge in [-0.2, -0.15) is 5.10 Å². The van der Waals surface area contributed by atoms with E-state index < -0.39 is 0 Å². The summed E-state index contributed by atoms with van der Waals surface area (Å²) in [6.45, 7) is 8.32. The fraction of sp³-hybridized carbons (Fsp3) is 0.538. The molecular weight excluding hydrogens is 274 g/mol. The SMILES string of the molecule is CC(C)Cc1cc(C(=O)Nc2nnc(C(C)C)s2)n[nH]1. The molecular formula is C13H19N5OS. The maximum atomic E-state index is 12.0. The monoisotopic (exact) mass is 293 g/mol. The van der Waals surface area contributed by atoms with Crippen molar-refractivity contribution in [1.29, 1.82) is 0 Å². The number of aromatic nitrogens is 4. The lowest BCUT2D eigenvalue weighted by Gasteiger charge is -1.99. The molecule has 0 saturated carbocycles. The fourth-order valence-electron chi connectivity index (χ4n) is 1.70. The minimum atomic E-state index is -0.261. The topological polar surface area (TPSA) is 83.6 Å². The first-order valence-electron chi connectivity index (χ1n) is 6.64. The van der Waals surface area contributed by atoms with Crippen molar-refractivity contribution in [1.82, 2.24) is 20.4 Å². The summed E-state index contributed by atoms with van der Waals surface area (Å²) in [5, 5.41) is 19.0. The van der Waals surface area contributed by atoms with Gasteiger partial charge in [0.1, 0.15) is 5.01 Å². The predicted octanol–water partition coefficient (Wildman–Crippen LogP) is 2.84. The van der Waals surface area contributed by atoms with Gasteiger partial charge in [0, 0.05) is 11.6 Å². The van der Waals surface area contributed by atoms with E-state index in [4.69, 9.17) is 0 Å². The molecule has 20 heavy (non-hydrogen) atoms. The molecule has 0 aliphatic carbocycles. The Kier molecular flexibility index (Phi) is 4.49. The van der Waals surface area contributed by atoms with Gasteiger partial charge in [0.05, 0.1) is 0 Å². The molecule has 0 saturated heterocycles. The maximum absolute atomic E-state index is 12.0. The minimum Gasteiger partial charge on any atom is -0.295 e. The van der Waals surface area contributed by atoms with Crippen LogP contribution in [0, 0.1) is 5.92 Å². The molecule has 0 atom stereocenters. The number of nitrogens with zero attached hydrogens (tertiary/aromatic N) is 3. The van der Waals surface area contributed by atoms with Crippen LogP contribution in [-0.2, 0) is 6.42 Å². The van der Waals surface area contributed by atoms with Crippen molar-refractivity contribution >= 4 is 22.4 Å². The fourth-order valence-corrected chi connectivity index (χ4v) is 2.44. The van der Waals surface area contributed by atoms with Crippen molar-refractivity contribution in [3.63, 3.8) is 0 Å². The summed E-state index contributed by atoms with van der Waals surface area (Å²) in [5.41, 5.74) is 1.34. The second-order valence-corrected chi connectivity index (χ2v) is 6.44. The van der Waals surface area contributed by atoms with Gasteiger partial charge in [0.25, 0.3) is 5.91 Å². The molecule has 2 aromatic rings. The molecule has 1 amide bonds. The van der Waals surface area contributed by atoms with Crippen LogP contribution in [-0.4, -0.2) is 26.3 Å². The van der Waals surface area contributed by atoms with Crippen LogP contribution in [0.1, 0.15) is 54.8 Å². The van der Waals surface area contributed by atoms with Crippen molar-refractivity contribution in [2.45, 2.75) is 40.0 Å². The summed E-state index contributed by atoms with van der Waals surface area (Å²) in [5.74, 6) is 0.562. The standard InChI is InChI=1S/C13H19N5OS/c1-7(2)5-9-6-10(16-15-9)11(19)14-13-18-17-12(20-13)8(3)4/h6-8H,5H2,1-4H3,(H,15,16)(H,14,18,19). The summed E-state index contributed by atoms with van der Waals surface area (Å²) in [6, 6.07) is 1.78. The predicted molar refractivity (Wildman–Crippen MR) is 79.1 cm³/mol. The highest BCUT2D eigenvalue weighted by Crippen LogP contribution is 2.22. The van der Waals surface area contributed by atoms with Crippen LogP contribution < -0.4 is 5.32 Å². The maximum Gasteiger partial charge on any atom is 0.277 e. The Morgan fingerprint density at radius 1 is 1.35 bits per heavy atom. The van der Waals surface area contributed by atoms with Crippen LogP contribution in [0.4, 0.5) is 5.13 Å². The molecule has 0 aliphatic rings. The first-order chi connectivity index (χ1) is 9.45. The molecule has 2 rings (SSSR count). The molecule has 0 radical (unpaired) electrons. The molecule has 0 aliphatic heterocycles. The van der Waals surface area contributed by atoms with E-state index in [2.05, 4.69) is 39.6 Å². The van der Waals surface area contributed by atoms with E-state index in [1.165, 1.54) is 11.3 Å². The van der Waals surface area contributed by atoms with E-state index >= 15 is 0 Å². The lowest BCUT2D eigenvalue weighted by Crippen LogP contribution is -2.12. The highest BCUT2D eigenvalue weighted by molar-refractivity contribution is 7.15. The average molecular weight is 293 g/mol. The number of carbonyl (C=O) groups excluding carboxylic acids is 1. The molecule has 108 valence electrons. The lowest BCUT2D eigenvalue weighted by atomic mass is 10.1. The van der Waals surface area contributed by atoms with E-state index in [0.717, 1.165) is 17.1 Å². The highest BCUT2D eigenvalue weighted by atomic mass is 32.1. The lowest BCUT2D eigenvalue weighted by molar-refractivity contribution is 0.102. The molecule has 2 aromatic heterocycles. The van der Waals surface area contributed by atoms with Crippen molar-refractivity contribution in [2.24, 2.45) is 5.92 Å². The van der Waals surface area contributed by atoms with Gasteiger partial charge in [-0.15, -0.1) is 10.2 Å². The van der Waals surface area contributed by atoms with Crippen LogP contribution in [0.15, 0.2) is 6.07 Å². The van der Waals surface area contributed by atoms with E-state index in [-0.39, 0.29) is 5.91 Å². The zero-order chi connectivity index (χ0) is 14.7. The molecule has 0 fully saturated rings. The van der Waals surface area contributed by atoms with Crippen LogP contribution in [0.25, 0.3) is 0 Å². The third-order valence-electron chi connectivity index (χ3n) is 2.65. The zero-order valence-electron chi connectivity index (χ0n) is 12.1. The van der Waals surface area contributed by atoms with Crippen LogP contribution >= 0.6 is 11.3 Å².